The number of amides is 2. The molecule has 0 radical (unpaired) electrons. The van der Waals surface area contributed by atoms with E-state index in [2.05, 4.69) is 41.2 Å². The van der Waals surface area contributed by atoms with Crippen LogP contribution in [0.15, 0.2) is 66.3 Å². The third kappa shape index (κ3) is 11.3. The molecule has 4 heterocycles. The molecule has 25 heteroatoms. The lowest BCUT2D eigenvalue weighted by atomic mass is 10.2. The molecule has 0 bridgehead atoms. The molecule has 0 aliphatic rings. The van der Waals surface area contributed by atoms with E-state index >= 15 is 0 Å². The molecule has 0 aliphatic carbocycles. The molecule has 4 aromatic heterocycles. The molecule has 0 saturated heterocycles. The highest BCUT2D eigenvalue weighted by atomic mass is 32.2. The Hall–Kier alpha value is -6.50. The SMILES string of the molecule is Cc1ccc(S(=O)(=O)OCCn2cc(CNC(=O)Cn3ccnc3[N+](=O)[O-])nn2)cc1.O=C(Cn1ccnc1[N+](=O)[O-])NCc1cn(CC[18F])nn1. The summed E-state index contributed by atoms with van der Waals surface area (Å²) >= 11 is 0. The van der Waals surface area contributed by atoms with Crippen LogP contribution in [0.2, 0.25) is 0 Å². The molecule has 0 saturated carbocycles. The van der Waals surface area contributed by atoms with E-state index in [1.165, 1.54) is 58.7 Å². The van der Waals surface area contributed by atoms with Crippen LogP contribution in [0.25, 0.3) is 0 Å². The van der Waals surface area contributed by atoms with Gasteiger partial charge in [-0.15, -0.1) is 10.2 Å². The van der Waals surface area contributed by atoms with Crippen molar-refractivity contribution < 1.29 is 36.4 Å². The van der Waals surface area contributed by atoms with Crippen LogP contribution in [-0.4, -0.2) is 92.5 Å². The fraction of sp³-hybridized carbons (Fsp3) is 0.333. The van der Waals surface area contributed by atoms with Crippen molar-refractivity contribution in [2.75, 3.05) is 13.3 Å². The highest BCUT2D eigenvalue weighted by Gasteiger charge is 2.19. The monoisotopic (exact) mass is 745 g/mol. The lowest BCUT2D eigenvalue weighted by Crippen LogP contribution is -2.27. The number of nitrogens with zero attached hydrogens (tertiary/aromatic N) is 12. The van der Waals surface area contributed by atoms with E-state index in [-0.39, 0.29) is 50.8 Å². The summed E-state index contributed by atoms with van der Waals surface area (Å²) in [6.07, 6.45) is 8.20. The van der Waals surface area contributed by atoms with E-state index in [4.69, 9.17) is 4.18 Å². The van der Waals surface area contributed by atoms with Gasteiger partial charge >= 0.3 is 11.9 Å². The molecular formula is C27H31FN14O9S. The number of aromatic nitrogens is 10. The van der Waals surface area contributed by atoms with Crippen LogP contribution < -0.4 is 10.6 Å². The molecule has 1 aromatic carbocycles. The van der Waals surface area contributed by atoms with Gasteiger partial charge in [0.05, 0.1) is 50.1 Å². The highest BCUT2D eigenvalue weighted by Crippen LogP contribution is 2.13. The second-order valence-electron chi connectivity index (χ2n) is 10.5. The van der Waals surface area contributed by atoms with Crippen LogP contribution in [0.4, 0.5) is 16.3 Å². The van der Waals surface area contributed by atoms with E-state index in [9.17, 15) is 42.6 Å². The molecule has 23 nitrogen and oxygen atoms in total. The zero-order valence-electron chi connectivity index (χ0n) is 27.3. The van der Waals surface area contributed by atoms with E-state index in [1.54, 1.807) is 12.1 Å². The maximum absolute atomic E-state index is 12.1. The topological polar surface area (TPSA) is 285 Å². The number of imidazole rings is 2. The quantitative estimate of drug-likeness (QED) is 0.0724. The molecule has 5 aromatic rings. The number of aryl methyl sites for hydroxylation is 2. The Balaban J connectivity index is 0.000000251. The largest absolute Gasteiger partial charge is 0.435 e. The lowest BCUT2D eigenvalue weighted by Gasteiger charge is -2.06. The van der Waals surface area contributed by atoms with E-state index in [0.717, 1.165) is 14.7 Å². The maximum Gasteiger partial charge on any atom is 0.435 e. The minimum Gasteiger partial charge on any atom is -0.390 e. The van der Waals surface area contributed by atoms with Gasteiger partial charge in [-0.05, 0) is 28.9 Å². The first-order valence-corrected chi connectivity index (χ1v) is 16.4. The van der Waals surface area contributed by atoms with E-state index < -0.39 is 50.4 Å². The standard InChI is InChI=1S/C17H19N7O6S.C10H12FN7O3/c1-13-2-4-15(5-3-13)31(28,29)30-9-8-23-11-14(20-21-23)10-19-16(25)12-22-7-6-18-17(22)24(26)27;11-1-3-17-6-8(14-15-17)5-13-9(19)7-16-4-2-12-10(16)18(20)21/h2-7,11H,8-10,12H2,1H3,(H,19,25);2,4,6H,1,3,5,7H2,(H,13,19)/i;11-1. The number of hydrogen-bond acceptors (Lipinski definition) is 15. The van der Waals surface area contributed by atoms with Gasteiger partial charge in [-0.1, -0.05) is 38.1 Å². The molecule has 0 fully saturated rings. The summed E-state index contributed by atoms with van der Waals surface area (Å²) in [5.74, 6) is -1.74. The normalized spacial score (nSPS) is 11.0. The summed E-state index contributed by atoms with van der Waals surface area (Å²) in [4.78, 5) is 50.9. The van der Waals surface area contributed by atoms with Crippen molar-refractivity contribution in [3.8, 4) is 0 Å². The molecule has 0 unspecified atom stereocenters. The average molecular weight is 746 g/mol. The second-order valence-corrected chi connectivity index (χ2v) is 12.1. The number of carbonyl (C=O) groups excluding carboxylic acids is 2. The summed E-state index contributed by atoms with van der Waals surface area (Å²) in [6, 6.07) is 6.30. The van der Waals surface area contributed by atoms with Gasteiger partial charge in [0, 0.05) is 0 Å². The average Bonchev–Trinajstić information content (AvgIpc) is 3.92. The Morgan fingerprint density at radius 3 is 1.77 bits per heavy atom. The molecule has 52 heavy (non-hydrogen) atoms. The molecule has 0 spiro atoms. The second kappa shape index (κ2) is 17.9. The first-order chi connectivity index (χ1) is 24.8. The van der Waals surface area contributed by atoms with Crippen molar-refractivity contribution in [2.45, 2.75) is 51.1 Å². The number of carbonyl (C=O) groups is 2. The van der Waals surface area contributed by atoms with Crippen LogP contribution in [0.1, 0.15) is 17.0 Å². The van der Waals surface area contributed by atoms with Crippen LogP contribution in [-0.2, 0) is 63.2 Å². The zero-order valence-corrected chi connectivity index (χ0v) is 28.1. The van der Waals surface area contributed by atoms with Crippen molar-refractivity contribution in [2.24, 2.45) is 0 Å². The summed E-state index contributed by atoms with van der Waals surface area (Å²) in [6.45, 7) is 1.04. The van der Waals surface area contributed by atoms with Crippen LogP contribution in [0, 0.1) is 27.2 Å². The lowest BCUT2D eigenvalue weighted by molar-refractivity contribution is -0.396. The van der Waals surface area contributed by atoms with Crippen molar-refractivity contribution in [3.05, 3.63) is 98.6 Å². The van der Waals surface area contributed by atoms with Crippen LogP contribution >= 0.6 is 0 Å². The van der Waals surface area contributed by atoms with Crippen molar-refractivity contribution in [3.63, 3.8) is 0 Å². The Bertz CT molecular complexity index is 2090. The number of rotatable bonds is 17. The predicted octanol–water partition coefficient (Wildman–Crippen LogP) is 0.0818. The van der Waals surface area contributed by atoms with E-state index in [0.29, 0.717) is 11.4 Å². The summed E-state index contributed by atoms with van der Waals surface area (Å²) in [5.41, 5.74) is 1.83. The number of benzene rings is 1. The molecular weight excluding hydrogens is 714 g/mol. The minimum absolute atomic E-state index is 0.0455. The van der Waals surface area contributed by atoms with Gasteiger partial charge in [0.25, 0.3) is 21.9 Å². The molecule has 2 N–H and O–H groups in total. The summed E-state index contributed by atoms with van der Waals surface area (Å²) in [5, 5.41) is 41.7. The number of halogens is 1. The van der Waals surface area contributed by atoms with Crippen LogP contribution in [0.5, 0.6) is 0 Å². The number of nitro groups is 2. The van der Waals surface area contributed by atoms with E-state index in [1.807, 2.05) is 6.92 Å². The zero-order chi connectivity index (χ0) is 37.7. The summed E-state index contributed by atoms with van der Waals surface area (Å²) < 4.78 is 46.3. The third-order valence-electron chi connectivity index (χ3n) is 6.63. The fourth-order valence-corrected chi connectivity index (χ4v) is 5.05. The van der Waals surface area contributed by atoms with Crippen molar-refractivity contribution in [1.29, 1.82) is 0 Å². The Morgan fingerprint density at radius 2 is 1.31 bits per heavy atom. The first kappa shape index (κ1) is 38.3. The molecule has 0 aliphatic heterocycles. The predicted molar refractivity (Wildman–Crippen MR) is 172 cm³/mol. The Morgan fingerprint density at radius 1 is 0.827 bits per heavy atom. The highest BCUT2D eigenvalue weighted by molar-refractivity contribution is 7.86. The van der Waals surface area contributed by atoms with Gasteiger partial charge in [0.2, 0.25) is 0 Å². The van der Waals surface area contributed by atoms with Gasteiger partial charge in [-0.3, -0.25) is 13.8 Å². The summed E-state index contributed by atoms with van der Waals surface area (Å²) in [7, 11) is -3.87. The third-order valence-corrected chi connectivity index (χ3v) is 7.96. The molecule has 2 amide bonds. The van der Waals surface area contributed by atoms with Gasteiger partial charge in [-0.2, -0.15) is 8.42 Å². The maximum atomic E-state index is 12.1. The van der Waals surface area contributed by atoms with Gasteiger partial charge in [-0.25, -0.2) is 22.9 Å². The van der Waals surface area contributed by atoms with Gasteiger partial charge < -0.3 is 30.9 Å². The number of nitrogens with one attached hydrogen (secondary N) is 2. The molecule has 0 atom stereocenters. The van der Waals surface area contributed by atoms with Gasteiger partial charge in [0.1, 0.15) is 42.8 Å². The van der Waals surface area contributed by atoms with Crippen molar-refractivity contribution >= 4 is 33.8 Å². The van der Waals surface area contributed by atoms with Crippen LogP contribution in [0.3, 0.4) is 0 Å². The fourth-order valence-electron chi connectivity index (χ4n) is 4.15. The number of hydrogen-bond donors (Lipinski definition) is 2. The molecule has 276 valence electrons. The van der Waals surface area contributed by atoms with Crippen molar-refractivity contribution in [1.82, 2.24) is 59.7 Å². The Labute approximate surface area is 292 Å². The Kier molecular flexibility index (Phi) is 13.2. The smallest absolute Gasteiger partial charge is 0.390 e. The minimum atomic E-state index is -3.87. The van der Waals surface area contributed by atoms with Gasteiger partial charge in [0.15, 0.2) is 13.1 Å². The molecule has 5 rings (SSSR count). The number of alkyl halides is 1. The first-order valence-electron chi connectivity index (χ1n) is 15.0.